The smallest absolute Gasteiger partial charge is 0.177 e. The maximum Gasteiger partial charge on any atom is 0.177 e. The Kier molecular flexibility index (Phi) is 3.72. The fourth-order valence-electron chi connectivity index (χ4n) is 2.84. The van der Waals surface area contributed by atoms with E-state index in [0.29, 0.717) is 6.04 Å². The lowest BCUT2D eigenvalue weighted by atomic mass is 10.2. The summed E-state index contributed by atoms with van der Waals surface area (Å²) in [5.74, 6) is 1.72. The molecule has 1 fully saturated rings. The van der Waals surface area contributed by atoms with Crippen molar-refractivity contribution in [2.45, 2.75) is 19.9 Å². The van der Waals surface area contributed by atoms with Gasteiger partial charge in [0.1, 0.15) is 5.82 Å². The van der Waals surface area contributed by atoms with E-state index in [-0.39, 0.29) is 0 Å². The first kappa shape index (κ1) is 14.9. The Bertz CT molecular complexity index is 857. The van der Waals surface area contributed by atoms with Gasteiger partial charge < -0.3 is 9.64 Å². The molecule has 4 rings (SSSR count). The van der Waals surface area contributed by atoms with Crippen molar-refractivity contribution >= 4 is 39.4 Å². The summed E-state index contributed by atoms with van der Waals surface area (Å²) in [6, 6.07) is 4.39. The van der Waals surface area contributed by atoms with Crippen molar-refractivity contribution in [2.24, 2.45) is 0 Å². The monoisotopic (exact) mass is 424 g/mol. The molecule has 1 N–H and O–H groups in total. The Hall–Kier alpha value is -1.68. The van der Waals surface area contributed by atoms with Crippen LogP contribution in [0.25, 0.3) is 16.9 Å². The summed E-state index contributed by atoms with van der Waals surface area (Å²) in [6.07, 6.45) is 1.85. The summed E-state index contributed by atoms with van der Waals surface area (Å²) in [6.45, 7) is 6.45. The van der Waals surface area contributed by atoms with E-state index in [9.17, 15) is 0 Å². The van der Waals surface area contributed by atoms with Crippen molar-refractivity contribution in [3.05, 3.63) is 27.6 Å². The minimum atomic E-state index is 0.313. The third-order valence-electron chi connectivity index (χ3n) is 4.05. The van der Waals surface area contributed by atoms with E-state index in [2.05, 4.69) is 55.8 Å². The number of halogens is 1. The van der Waals surface area contributed by atoms with Gasteiger partial charge in [-0.05, 0) is 42.5 Å². The number of hydrogen-bond donors (Lipinski definition) is 1. The van der Waals surface area contributed by atoms with E-state index in [1.165, 1.54) is 0 Å². The summed E-state index contributed by atoms with van der Waals surface area (Å²) >= 11 is 2.35. The maximum atomic E-state index is 5.53. The van der Waals surface area contributed by atoms with Gasteiger partial charge in [0.2, 0.25) is 0 Å². The largest absolute Gasteiger partial charge is 0.377 e. The molecule has 3 aromatic heterocycles. The van der Waals surface area contributed by atoms with Gasteiger partial charge >= 0.3 is 0 Å². The third kappa shape index (κ3) is 2.59. The number of ether oxygens (including phenoxy) is 1. The molecule has 0 amide bonds. The summed E-state index contributed by atoms with van der Waals surface area (Å²) in [5, 5.41) is 12.8. The number of nitrogens with zero attached hydrogens (tertiary/aromatic N) is 5. The molecule has 23 heavy (non-hydrogen) atoms. The summed E-state index contributed by atoms with van der Waals surface area (Å²) in [5.41, 5.74) is 1.83. The van der Waals surface area contributed by atoms with Crippen molar-refractivity contribution in [1.29, 1.82) is 0 Å². The van der Waals surface area contributed by atoms with Crippen LogP contribution in [0.15, 0.2) is 18.3 Å². The van der Waals surface area contributed by atoms with E-state index < -0.39 is 0 Å². The van der Waals surface area contributed by atoms with Crippen molar-refractivity contribution in [3.8, 4) is 5.82 Å². The molecule has 8 heteroatoms. The van der Waals surface area contributed by atoms with Gasteiger partial charge in [0.25, 0.3) is 0 Å². The molecule has 0 unspecified atom stereocenters. The van der Waals surface area contributed by atoms with Crippen LogP contribution in [-0.2, 0) is 4.74 Å². The van der Waals surface area contributed by atoms with Crippen molar-refractivity contribution in [3.63, 3.8) is 0 Å². The molecule has 0 aromatic carbocycles. The number of aromatic amines is 1. The van der Waals surface area contributed by atoms with E-state index >= 15 is 0 Å². The van der Waals surface area contributed by atoms with Gasteiger partial charge in [0.15, 0.2) is 11.5 Å². The molecule has 1 saturated heterocycles. The average molecular weight is 424 g/mol. The summed E-state index contributed by atoms with van der Waals surface area (Å²) in [7, 11) is 0. The molecule has 3 aromatic rings. The number of aromatic nitrogens is 5. The highest BCUT2D eigenvalue weighted by molar-refractivity contribution is 14.1. The quantitative estimate of drug-likeness (QED) is 0.640. The second kappa shape index (κ2) is 5.75. The van der Waals surface area contributed by atoms with Crippen LogP contribution in [0.4, 0.5) is 5.82 Å². The predicted octanol–water partition coefficient (Wildman–Crippen LogP) is 2.28. The summed E-state index contributed by atoms with van der Waals surface area (Å²) in [4.78, 5) is 7.16. The van der Waals surface area contributed by atoms with Crippen LogP contribution >= 0.6 is 22.6 Å². The van der Waals surface area contributed by atoms with Crippen LogP contribution in [0.3, 0.4) is 0 Å². The first-order chi connectivity index (χ1) is 11.1. The SMILES string of the molecule is Cc1cc(-n2ncc3c(I)cc(N4CCOC[C@H]4C)nc32)n[nH]1. The fourth-order valence-corrected chi connectivity index (χ4v) is 3.50. The Labute approximate surface area is 147 Å². The highest BCUT2D eigenvalue weighted by Gasteiger charge is 2.22. The van der Waals surface area contributed by atoms with Crippen LogP contribution in [0.5, 0.6) is 0 Å². The Morgan fingerprint density at radius 1 is 1.35 bits per heavy atom. The van der Waals surface area contributed by atoms with Gasteiger partial charge in [-0.1, -0.05) is 0 Å². The number of pyridine rings is 1. The lowest BCUT2D eigenvalue weighted by Gasteiger charge is -2.34. The Morgan fingerprint density at radius 2 is 2.22 bits per heavy atom. The number of morpholine rings is 1. The molecule has 7 nitrogen and oxygen atoms in total. The number of aryl methyl sites for hydroxylation is 1. The zero-order valence-electron chi connectivity index (χ0n) is 13.0. The molecule has 120 valence electrons. The number of hydrogen-bond acceptors (Lipinski definition) is 5. The van der Waals surface area contributed by atoms with Crippen LogP contribution < -0.4 is 4.90 Å². The van der Waals surface area contributed by atoms with E-state index in [0.717, 1.165) is 51.7 Å². The van der Waals surface area contributed by atoms with E-state index in [1.807, 2.05) is 19.2 Å². The number of H-pyrrole nitrogens is 1. The van der Waals surface area contributed by atoms with Crippen molar-refractivity contribution < 1.29 is 4.74 Å². The minimum absolute atomic E-state index is 0.313. The number of anilines is 1. The summed E-state index contributed by atoms with van der Waals surface area (Å²) < 4.78 is 8.45. The van der Waals surface area contributed by atoms with Gasteiger partial charge in [-0.25, -0.2) is 4.98 Å². The van der Waals surface area contributed by atoms with Gasteiger partial charge in [0, 0.05) is 21.9 Å². The molecule has 0 aliphatic carbocycles. The van der Waals surface area contributed by atoms with Crippen LogP contribution in [-0.4, -0.2) is 50.8 Å². The topological polar surface area (TPSA) is 71.9 Å². The van der Waals surface area contributed by atoms with Crippen LogP contribution in [0.1, 0.15) is 12.6 Å². The Morgan fingerprint density at radius 3 is 2.96 bits per heavy atom. The van der Waals surface area contributed by atoms with Gasteiger partial charge in [-0.3, -0.25) is 5.10 Å². The van der Waals surface area contributed by atoms with Gasteiger partial charge in [0.05, 0.1) is 30.8 Å². The van der Waals surface area contributed by atoms with E-state index in [1.54, 1.807) is 4.68 Å². The zero-order chi connectivity index (χ0) is 16.0. The predicted molar refractivity (Wildman–Crippen MR) is 96.1 cm³/mol. The van der Waals surface area contributed by atoms with E-state index in [4.69, 9.17) is 9.72 Å². The second-order valence-electron chi connectivity index (χ2n) is 5.78. The molecular formula is C15H17IN6O. The van der Waals surface area contributed by atoms with Crippen LogP contribution in [0, 0.1) is 10.5 Å². The molecule has 0 radical (unpaired) electrons. The number of fused-ring (bicyclic) bond motifs is 1. The maximum absolute atomic E-state index is 5.53. The molecule has 4 heterocycles. The minimum Gasteiger partial charge on any atom is -0.377 e. The van der Waals surface area contributed by atoms with Crippen LogP contribution in [0.2, 0.25) is 0 Å². The molecular weight excluding hydrogens is 407 g/mol. The molecule has 0 spiro atoms. The standard InChI is InChI=1S/C15H17IN6O/c1-9-5-14(20-19-9)22-15-11(7-17-22)12(16)6-13(18-15)21-3-4-23-8-10(21)2/h5-7,10H,3-4,8H2,1-2H3,(H,19,20)/t10-/m1/s1. The first-order valence-electron chi connectivity index (χ1n) is 7.54. The highest BCUT2D eigenvalue weighted by atomic mass is 127. The van der Waals surface area contributed by atoms with Crippen molar-refractivity contribution in [1.82, 2.24) is 25.0 Å². The molecule has 0 saturated carbocycles. The lowest BCUT2D eigenvalue weighted by Crippen LogP contribution is -2.44. The normalized spacial score (nSPS) is 18.7. The lowest BCUT2D eigenvalue weighted by molar-refractivity contribution is 0.0985. The number of rotatable bonds is 2. The fraction of sp³-hybridized carbons (Fsp3) is 0.400. The number of nitrogens with one attached hydrogen (secondary N) is 1. The molecule has 1 aliphatic rings. The Balaban J connectivity index is 1.85. The first-order valence-corrected chi connectivity index (χ1v) is 8.62. The zero-order valence-corrected chi connectivity index (χ0v) is 15.1. The third-order valence-corrected chi connectivity index (χ3v) is 4.94. The second-order valence-corrected chi connectivity index (χ2v) is 6.94. The molecule has 1 aliphatic heterocycles. The molecule has 1 atom stereocenters. The van der Waals surface area contributed by atoms with Crippen molar-refractivity contribution in [2.75, 3.05) is 24.7 Å². The van der Waals surface area contributed by atoms with Gasteiger partial charge in [-0.2, -0.15) is 14.9 Å². The average Bonchev–Trinajstić information content (AvgIpc) is 3.14. The van der Waals surface area contributed by atoms with Gasteiger partial charge in [-0.15, -0.1) is 0 Å². The molecule has 0 bridgehead atoms. The highest BCUT2D eigenvalue weighted by Crippen LogP contribution is 2.27.